The second kappa shape index (κ2) is 6.89. The minimum Gasteiger partial charge on any atom is -0.170 e. The van der Waals surface area contributed by atoms with Crippen molar-refractivity contribution in [3.05, 3.63) is 0 Å². The van der Waals surface area contributed by atoms with Crippen molar-refractivity contribution >= 4 is 44.0 Å². The average Bonchev–Trinajstić information content (AvgIpc) is 2.07. The molecule has 0 aromatic rings. The van der Waals surface area contributed by atoms with E-state index in [2.05, 4.69) is 44.3 Å². The summed E-state index contributed by atoms with van der Waals surface area (Å²) in [5.41, 5.74) is 0. The molecule has 0 aliphatic rings. The van der Waals surface area contributed by atoms with Crippen LogP contribution in [0.2, 0.25) is 39.3 Å². The van der Waals surface area contributed by atoms with Crippen LogP contribution < -0.4 is 0 Å². The maximum atomic E-state index is 8.65. The maximum absolute atomic E-state index is 8.65. The fraction of sp³-hybridized carbons (Fsp3) is 0.800. The van der Waals surface area contributed by atoms with Crippen molar-refractivity contribution < 1.29 is 0 Å². The predicted octanol–water partition coefficient (Wildman–Crippen LogP) is 4.04. The molecular weight excluding hydrogens is 268 g/mol. The summed E-state index contributed by atoms with van der Waals surface area (Å²) in [4.78, 5) is 3.92. The average molecular weight is 291 g/mol. The molecular formula is C10H22N2S2Si2. The van der Waals surface area contributed by atoms with Crippen molar-refractivity contribution in [2.75, 3.05) is 10.8 Å². The molecule has 16 heavy (non-hydrogen) atoms. The Morgan fingerprint density at radius 3 is 1.62 bits per heavy atom. The van der Waals surface area contributed by atoms with Gasteiger partial charge in [0.25, 0.3) is 0 Å². The van der Waals surface area contributed by atoms with Gasteiger partial charge in [-0.1, -0.05) is 39.3 Å². The van der Waals surface area contributed by atoms with Gasteiger partial charge in [-0.3, -0.25) is 0 Å². The van der Waals surface area contributed by atoms with E-state index in [1.807, 2.05) is 6.19 Å². The molecule has 0 heterocycles. The van der Waals surface area contributed by atoms with Crippen LogP contribution in [-0.2, 0) is 0 Å². The molecule has 0 rings (SSSR count). The van der Waals surface area contributed by atoms with E-state index in [1.54, 1.807) is 23.5 Å². The van der Waals surface area contributed by atoms with Crippen LogP contribution >= 0.6 is 23.5 Å². The minimum absolute atomic E-state index is 0.965. The van der Waals surface area contributed by atoms with Gasteiger partial charge in [-0.2, -0.15) is 10.3 Å². The molecule has 0 saturated carbocycles. The second-order valence-corrected chi connectivity index (χ2v) is 20.3. The van der Waals surface area contributed by atoms with Crippen molar-refractivity contribution in [1.29, 1.82) is 5.26 Å². The predicted molar refractivity (Wildman–Crippen MR) is 84.7 cm³/mol. The summed E-state index contributed by atoms with van der Waals surface area (Å²) in [5, 5.41) is 10.9. The van der Waals surface area contributed by atoms with Gasteiger partial charge < -0.3 is 0 Å². The fourth-order valence-corrected chi connectivity index (χ4v) is 6.76. The SMILES string of the molecule is C[Si](C)(C)CSC(=NC#N)SC[Si](C)(C)C. The normalized spacial score (nSPS) is 12.1. The smallest absolute Gasteiger partial charge is 0.170 e. The van der Waals surface area contributed by atoms with Gasteiger partial charge in [-0.15, -0.1) is 23.5 Å². The largest absolute Gasteiger partial charge is 0.207 e. The highest BCUT2D eigenvalue weighted by molar-refractivity contribution is 8.39. The molecule has 0 aliphatic carbocycles. The van der Waals surface area contributed by atoms with Crippen LogP contribution in [0.15, 0.2) is 4.99 Å². The Morgan fingerprint density at radius 2 is 1.38 bits per heavy atom. The monoisotopic (exact) mass is 290 g/mol. The Labute approximate surface area is 110 Å². The molecule has 0 saturated heterocycles. The van der Waals surface area contributed by atoms with E-state index in [0.717, 1.165) is 15.1 Å². The topological polar surface area (TPSA) is 36.1 Å². The third-order valence-electron chi connectivity index (χ3n) is 1.40. The first kappa shape index (κ1) is 16.3. The molecule has 0 aromatic carbocycles. The summed E-state index contributed by atoms with van der Waals surface area (Å²) in [5.74, 6) is 0. The van der Waals surface area contributed by atoms with Gasteiger partial charge in [0.1, 0.15) is 4.38 Å². The van der Waals surface area contributed by atoms with Gasteiger partial charge in [0, 0.05) is 0 Å². The van der Waals surface area contributed by atoms with E-state index < -0.39 is 16.1 Å². The van der Waals surface area contributed by atoms with E-state index in [0.29, 0.717) is 0 Å². The number of hydrogen-bond acceptors (Lipinski definition) is 4. The zero-order valence-electron chi connectivity index (χ0n) is 11.1. The lowest BCUT2D eigenvalue weighted by molar-refractivity contribution is 1.45. The first-order valence-electron chi connectivity index (χ1n) is 5.36. The standard InChI is InChI=1S/C10H22N2S2Si2/c1-15(2,3)8-13-10(12-7-11)14-9-16(4,5)6/h8-9H2,1-6H3. The molecule has 2 nitrogen and oxygen atoms in total. The fourth-order valence-electron chi connectivity index (χ4n) is 0.704. The van der Waals surface area contributed by atoms with Gasteiger partial charge in [-0.05, 0) is 10.8 Å². The maximum Gasteiger partial charge on any atom is 0.207 e. The van der Waals surface area contributed by atoms with Gasteiger partial charge in [0.2, 0.25) is 6.19 Å². The molecule has 0 aromatic heterocycles. The summed E-state index contributed by atoms with van der Waals surface area (Å²) >= 11 is 3.54. The highest BCUT2D eigenvalue weighted by atomic mass is 32.2. The highest BCUT2D eigenvalue weighted by Gasteiger charge is 2.18. The Morgan fingerprint density at radius 1 is 1.00 bits per heavy atom. The molecule has 0 radical (unpaired) electrons. The van der Waals surface area contributed by atoms with Crippen LogP contribution in [-0.4, -0.2) is 31.3 Å². The molecule has 0 amide bonds. The summed E-state index contributed by atoms with van der Waals surface area (Å²) < 4.78 is 0.965. The van der Waals surface area contributed by atoms with Gasteiger partial charge >= 0.3 is 0 Å². The lowest BCUT2D eigenvalue weighted by Gasteiger charge is -2.17. The quantitative estimate of drug-likeness (QED) is 0.339. The number of thioether (sulfide) groups is 2. The second-order valence-electron chi connectivity index (χ2n) is 6.18. The van der Waals surface area contributed by atoms with Gasteiger partial charge in [0.05, 0.1) is 16.1 Å². The summed E-state index contributed by atoms with van der Waals surface area (Å²) in [6, 6.07) is 0. The van der Waals surface area contributed by atoms with Gasteiger partial charge in [0.15, 0.2) is 0 Å². The lowest BCUT2D eigenvalue weighted by Crippen LogP contribution is -2.26. The van der Waals surface area contributed by atoms with Crippen molar-refractivity contribution in [3.8, 4) is 6.19 Å². The molecule has 92 valence electrons. The Balaban J connectivity index is 4.22. The molecule has 0 bridgehead atoms. The van der Waals surface area contributed by atoms with Crippen LogP contribution in [0.5, 0.6) is 0 Å². The number of rotatable bonds is 4. The summed E-state index contributed by atoms with van der Waals surface area (Å²) in [6.07, 6.45) is 1.92. The Kier molecular flexibility index (Phi) is 7.02. The van der Waals surface area contributed by atoms with Crippen LogP contribution in [0.3, 0.4) is 0 Å². The Hall–Kier alpha value is 0.294. The Bertz CT molecular complexity index is 265. The van der Waals surface area contributed by atoms with E-state index >= 15 is 0 Å². The molecule has 0 atom stereocenters. The summed E-state index contributed by atoms with van der Waals surface area (Å²) in [6.45, 7) is 14.0. The number of nitriles is 1. The van der Waals surface area contributed by atoms with E-state index in [1.165, 1.54) is 0 Å². The third kappa shape index (κ3) is 10.8. The van der Waals surface area contributed by atoms with Crippen molar-refractivity contribution in [1.82, 2.24) is 0 Å². The molecule has 0 unspecified atom stereocenters. The van der Waals surface area contributed by atoms with Crippen LogP contribution in [0.25, 0.3) is 0 Å². The summed E-state index contributed by atoms with van der Waals surface area (Å²) in [7, 11) is -2.11. The number of aliphatic imine (C=N–C) groups is 1. The van der Waals surface area contributed by atoms with Crippen molar-refractivity contribution in [2.24, 2.45) is 4.99 Å². The molecule has 0 fully saturated rings. The molecule has 0 N–H and O–H groups in total. The first-order valence-corrected chi connectivity index (χ1v) is 14.7. The molecule has 0 spiro atoms. The van der Waals surface area contributed by atoms with Crippen LogP contribution in [0.1, 0.15) is 0 Å². The number of hydrogen-bond donors (Lipinski definition) is 0. The van der Waals surface area contributed by atoms with E-state index in [9.17, 15) is 0 Å². The third-order valence-corrected chi connectivity index (χ3v) is 10.9. The van der Waals surface area contributed by atoms with E-state index in [-0.39, 0.29) is 0 Å². The molecule has 0 aliphatic heterocycles. The highest BCUT2D eigenvalue weighted by Crippen LogP contribution is 2.23. The lowest BCUT2D eigenvalue weighted by atomic mass is 11.3. The van der Waals surface area contributed by atoms with Crippen LogP contribution in [0, 0.1) is 11.5 Å². The van der Waals surface area contributed by atoms with Gasteiger partial charge in [-0.25, -0.2) is 0 Å². The minimum atomic E-state index is -1.05. The van der Waals surface area contributed by atoms with E-state index in [4.69, 9.17) is 5.26 Å². The van der Waals surface area contributed by atoms with Crippen LogP contribution in [0.4, 0.5) is 0 Å². The zero-order valence-corrected chi connectivity index (χ0v) is 14.8. The van der Waals surface area contributed by atoms with Crippen molar-refractivity contribution in [2.45, 2.75) is 39.3 Å². The first-order chi connectivity index (χ1) is 7.14. The van der Waals surface area contributed by atoms with Crippen molar-refractivity contribution in [3.63, 3.8) is 0 Å². The number of nitrogens with zero attached hydrogens (tertiary/aromatic N) is 2. The molecule has 6 heteroatoms. The zero-order chi connectivity index (χ0) is 12.8.